The van der Waals surface area contributed by atoms with Crippen molar-refractivity contribution in [2.75, 3.05) is 19.6 Å². The summed E-state index contributed by atoms with van der Waals surface area (Å²) in [5, 5.41) is 4.18. The van der Waals surface area contributed by atoms with E-state index in [9.17, 15) is 9.59 Å². The van der Waals surface area contributed by atoms with Crippen molar-refractivity contribution in [2.45, 2.75) is 38.3 Å². The number of rotatable bonds is 5. The quantitative estimate of drug-likeness (QED) is 0.893. The smallest absolute Gasteiger partial charge is 0.261 e. The Balaban J connectivity index is 1.36. The lowest BCUT2D eigenvalue weighted by atomic mass is 10.0. The summed E-state index contributed by atoms with van der Waals surface area (Å²) in [5.41, 5.74) is 0.513. The molecule has 1 aliphatic carbocycles. The molecular formula is C19H24N4O2. The highest BCUT2D eigenvalue weighted by Crippen LogP contribution is 2.28. The van der Waals surface area contributed by atoms with E-state index in [2.05, 4.69) is 10.3 Å². The van der Waals surface area contributed by atoms with Gasteiger partial charge in [0.1, 0.15) is 6.54 Å². The van der Waals surface area contributed by atoms with E-state index in [4.69, 9.17) is 0 Å². The maximum Gasteiger partial charge on any atom is 0.261 e. The normalized spacial score (nSPS) is 18.6. The lowest BCUT2D eigenvalue weighted by Gasteiger charge is -2.32. The first-order valence-electron chi connectivity index (χ1n) is 9.16. The Bertz CT molecular complexity index is 820. The number of likely N-dealkylation sites (tertiary alicyclic amines) is 1. The standard InChI is InChI=1S/C19H24N4O2/c24-18(22-9-7-15(8-10-22)20-11-14-5-6-14)12-23-13-21-17-4-2-1-3-16(17)19(23)25/h1-4,13-15,20H,5-12H2. The molecule has 2 aromatic rings. The number of benzene rings is 1. The number of nitrogens with one attached hydrogen (secondary N) is 1. The molecule has 1 aromatic heterocycles. The van der Waals surface area contributed by atoms with Gasteiger partial charge in [-0.15, -0.1) is 0 Å². The SMILES string of the molecule is O=C(Cn1cnc2ccccc2c1=O)N1CCC(NCC2CC2)CC1. The molecule has 0 atom stereocenters. The summed E-state index contributed by atoms with van der Waals surface area (Å²) in [7, 11) is 0. The highest BCUT2D eigenvalue weighted by atomic mass is 16.2. The van der Waals surface area contributed by atoms with Crippen LogP contribution in [0.5, 0.6) is 0 Å². The molecule has 1 N–H and O–H groups in total. The molecule has 2 aliphatic rings. The first kappa shape index (κ1) is 16.3. The van der Waals surface area contributed by atoms with Gasteiger partial charge in [0.05, 0.1) is 17.2 Å². The van der Waals surface area contributed by atoms with Crippen LogP contribution in [0.2, 0.25) is 0 Å². The molecule has 2 fully saturated rings. The maximum atomic E-state index is 12.6. The highest BCUT2D eigenvalue weighted by molar-refractivity contribution is 5.79. The highest BCUT2D eigenvalue weighted by Gasteiger charge is 2.26. The third-order valence-corrected chi connectivity index (χ3v) is 5.28. The van der Waals surface area contributed by atoms with Crippen LogP contribution in [0.25, 0.3) is 10.9 Å². The molecule has 1 amide bonds. The molecular weight excluding hydrogens is 316 g/mol. The van der Waals surface area contributed by atoms with Crippen LogP contribution in [0.1, 0.15) is 25.7 Å². The van der Waals surface area contributed by atoms with Crippen molar-refractivity contribution in [3.8, 4) is 0 Å². The van der Waals surface area contributed by atoms with E-state index >= 15 is 0 Å². The zero-order chi connectivity index (χ0) is 17.2. The van der Waals surface area contributed by atoms with Gasteiger partial charge in [-0.3, -0.25) is 14.2 Å². The van der Waals surface area contributed by atoms with Crippen molar-refractivity contribution in [2.24, 2.45) is 5.92 Å². The van der Waals surface area contributed by atoms with Gasteiger partial charge in [0.15, 0.2) is 0 Å². The fraction of sp³-hybridized carbons (Fsp3) is 0.526. The number of hydrogen-bond acceptors (Lipinski definition) is 4. The number of carbonyl (C=O) groups is 1. The van der Waals surface area contributed by atoms with Crippen LogP contribution in [0.3, 0.4) is 0 Å². The second kappa shape index (κ2) is 6.96. The van der Waals surface area contributed by atoms with Crippen molar-refractivity contribution in [1.29, 1.82) is 0 Å². The summed E-state index contributed by atoms with van der Waals surface area (Å²) in [6, 6.07) is 7.75. The molecule has 6 heteroatoms. The van der Waals surface area contributed by atoms with Crippen molar-refractivity contribution in [3.05, 3.63) is 40.9 Å². The molecule has 0 bridgehead atoms. The minimum atomic E-state index is -0.153. The Morgan fingerprint density at radius 3 is 2.68 bits per heavy atom. The number of aromatic nitrogens is 2. The second-order valence-corrected chi connectivity index (χ2v) is 7.20. The van der Waals surface area contributed by atoms with E-state index in [0.29, 0.717) is 16.9 Å². The summed E-state index contributed by atoms with van der Waals surface area (Å²) < 4.78 is 1.42. The number of para-hydroxylation sites is 1. The van der Waals surface area contributed by atoms with Gasteiger partial charge in [-0.2, -0.15) is 0 Å². The lowest BCUT2D eigenvalue weighted by molar-refractivity contribution is -0.133. The fourth-order valence-electron chi connectivity index (χ4n) is 3.45. The molecule has 1 aliphatic heterocycles. The van der Waals surface area contributed by atoms with E-state index < -0.39 is 0 Å². The Morgan fingerprint density at radius 2 is 1.92 bits per heavy atom. The summed E-state index contributed by atoms with van der Waals surface area (Å²) in [5.74, 6) is 0.881. The molecule has 132 valence electrons. The van der Waals surface area contributed by atoms with E-state index in [1.54, 1.807) is 6.07 Å². The monoisotopic (exact) mass is 340 g/mol. The van der Waals surface area contributed by atoms with Gasteiger partial charge in [0.25, 0.3) is 5.56 Å². The average molecular weight is 340 g/mol. The number of carbonyl (C=O) groups excluding carboxylic acids is 1. The molecule has 1 aromatic carbocycles. The predicted molar refractivity (Wildman–Crippen MR) is 96.3 cm³/mol. The van der Waals surface area contributed by atoms with Gasteiger partial charge >= 0.3 is 0 Å². The van der Waals surface area contributed by atoms with E-state index in [1.807, 2.05) is 23.1 Å². The van der Waals surface area contributed by atoms with Crippen LogP contribution in [0.15, 0.2) is 35.4 Å². The van der Waals surface area contributed by atoms with Gasteiger partial charge in [-0.25, -0.2) is 4.98 Å². The topological polar surface area (TPSA) is 67.2 Å². The third kappa shape index (κ3) is 3.74. The van der Waals surface area contributed by atoms with Crippen LogP contribution in [-0.4, -0.2) is 46.0 Å². The number of nitrogens with zero attached hydrogens (tertiary/aromatic N) is 3. The zero-order valence-corrected chi connectivity index (χ0v) is 14.4. The average Bonchev–Trinajstić information content (AvgIpc) is 3.47. The first-order valence-corrected chi connectivity index (χ1v) is 9.16. The number of amides is 1. The van der Waals surface area contributed by atoms with Crippen molar-refractivity contribution >= 4 is 16.8 Å². The van der Waals surface area contributed by atoms with Crippen LogP contribution in [-0.2, 0) is 11.3 Å². The minimum Gasteiger partial charge on any atom is -0.341 e. The summed E-state index contributed by atoms with van der Waals surface area (Å²) >= 11 is 0. The maximum absolute atomic E-state index is 12.6. The van der Waals surface area contributed by atoms with Gasteiger partial charge in [0, 0.05) is 19.1 Å². The van der Waals surface area contributed by atoms with E-state index in [1.165, 1.54) is 23.7 Å². The molecule has 2 heterocycles. The van der Waals surface area contributed by atoms with Crippen LogP contribution in [0.4, 0.5) is 0 Å². The van der Waals surface area contributed by atoms with E-state index in [-0.39, 0.29) is 18.0 Å². The number of hydrogen-bond donors (Lipinski definition) is 1. The Kier molecular flexibility index (Phi) is 4.53. The van der Waals surface area contributed by atoms with Gasteiger partial charge in [0.2, 0.25) is 5.91 Å². The molecule has 0 radical (unpaired) electrons. The first-order chi connectivity index (χ1) is 12.2. The third-order valence-electron chi connectivity index (χ3n) is 5.28. The van der Waals surface area contributed by atoms with E-state index in [0.717, 1.165) is 38.4 Å². The van der Waals surface area contributed by atoms with Gasteiger partial charge in [-0.1, -0.05) is 12.1 Å². The Hall–Kier alpha value is -2.21. The Morgan fingerprint density at radius 1 is 1.16 bits per heavy atom. The number of fused-ring (bicyclic) bond motifs is 1. The molecule has 1 saturated carbocycles. The van der Waals surface area contributed by atoms with Crippen molar-refractivity contribution in [3.63, 3.8) is 0 Å². The van der Waals surface area contributed by atoms with Crippen LogP contribution in [0, 0.1) is 5.92 Å². The summed E-state index contributed by atoms with van der Waals surface area (Å²) in [6.07, 6.45) is 6.18. The summed E-state index contributed by atoms with van der Waals surface area (Å²) in [4.78, 5) is 31.2. The lowest BCUT2D eigenvalue weighted by Crippen LogP contribution is -2.46. The molecule has 6 nitrogen and oxygen atoms in total. The fourth-order valence-corrected chi connectivity index (χ4v) is 3.45. The largest absolute Gasteiger partial charge is 0.341 e. The van der Waals surface area contributed by atoms with Crippen molar-refractivity contribution in [1.82, 2.24) is 19.8 Å². The van der Waals surface area contributed by atoms with Gasteiger partial charge in [-0.05, 0) is 50.3 Å². The molecule has 1 saturated heterocycles. The number of piperidine rings is 1. The molecule has 4 rings (SSSR count). The Labute approximate surface area is 146 Å². The predicted octanol–water partition coefficient (Wildman–Crippen LogP) is 1.39. The second-order valence-electron chi connectivity index (χ2n) is 7.20. The zero-order valence-electron chi connectivity index (χ0n) is 14.4. The molecule has 0 spiro atoms. The van der Waals surface area contributed by atoms with Crippen LogP contribution < -0.4 is 10.9 Å². The summed E-state index contributed by atoms with van der Waals surface area (Å²) in [6.45, 7) is 2.71. The molecule has 25 heavy (non-hydrogen) atoms. The van der Waals surface area contributed by atoms with Gasteiger partial charge < -0.3 is 10.2 Å². The van der Waals surface area contributed by atoms with Crippen LogP contribution >= 0.6 is 0 Å². The molecule has 0 unspecified atom stereocenters. The minimum absolute atomic E-state index is 0.000163. The van der Waals surface area contributed by atoms with Crippen molar-refractivity contribution < 1.29 is 4.79 Å².